The van der Waals surface area contributed by atoms with Gasteiger partial charge in [0.15, 0.2) is 0 Å². The van der Waals surface area contributed by atoms with Crippen molar-refractivity contribution in [3.05, 3.63) is 120 Å². The second kappa shape index (κ2) is 8.13. The highest BCUT2D eigenvalue weighted by molar-refractivity contribution is 9.10. The van der Waals surface area contributed by atoms with Gasteiger partial charge in [-0.05, 0) is 18.2 Å². The molecule has 5 aromatic rings. The van der Waals surface area contributed by atoms with E-state index in [9.17, 15) is 0 Å². The van der Waals surface area contributed by atoms with Crippen LogP contribution in [-0.2, 0) is 0 Å². The number of halogens is 1. The molecule has 0 radical (unpaired) electrons. The van der Waals surface area contributed by atoms with Crippen LogP contribution in [0.15, 0.2) is 120 Å². The van der Waals surface area contributed by atoms with Crippen molar-refractivity contribution in [2.75, 3.05) is 0 Å². The van der Waals surface area contributed by atoms with Crippen molar-refractivity contribution in [1.82, 2.24) is 9.55 Å². The Labute approximate surface area is 184 Å². The van der Waals surface area contributed by atoms with Crippen molar-refractivity contribution in [2.45, 2.75) is 0 Å². The first-order valence-electron chi connectivity index (χ1n) is 9.87. The van der Waals surface area contributed by atoms with Crippen LogP contribution in [-0.4, -0.2) is 9.55 Å². The Bertz CT molecular complexity index is 1280. The van der Waals surface area contributed by atoms with Gasteiger partial charge in [0.05, 0.1) is 11.4 Å². The minimum atomic E-state index is 0.909. The highest BCUT2D eigenvalue weighted by Gasteiger charge is 2.23. The van der Waals surface area contributed by atoms with E-state index < -0.39 is 0 Å². The molecule has 0 saturated carbocycles. The predicted molar refractivity (Wildman–Crippen MR) is 128 cm³/mol. The van der Waals surface area contributed by atoms with Crippen LogP contribution in [0.25, 0.3) is 39.6 Å². The molecule has 144 valence electrons. The van der Waals surface area contributed by atoms with Crippen LogP contribution in [0.4, 0.5) is 0 Å². The summed E-state index contributed by atoms with van der Waals surface area (Å²) in [5, 5.41) is 0. The maximum absolute atomic E-state index is 5.20. The van der Waals surface area contributed by atoms with Gasteiger partial charge in [-0.15, -0.1) is 0 Å². The molecule has 0 aliphatic rings. The van der Waals surface area contributed by atoms with Crippen LogP contribution in [0.2, 0.25) is 0 Å². The van der Waals surface area contributed by atoms with Crippen LogP contribution in [0.5, 0.6) is 0 Å². The van der Waals surface area contributed by atoms with Gasteiger partial charge in [-0.25, -0.2) is 4.98 Å². The lowest BCUT2D eigenvalue weighted by atomic mass is 10.0. The summed E-state index contributed by atoms with van der Waals surface area (Å²) >= 11 is 3.73. The average molecular weight is 451 g/mol. The van der Waals surface area contributed by atoms with Crippen molar-refractivity contribution < 1.29 is 0 Å². The van der Waals surface area contributed by atoms with E-state index >= 15 is 0 Å². The van der Waals surface area contributed by atoms with Gasteiger partial charge in [-0.3, -0.25) is 4.57 Å². The zero-order valence-corrected chi connectivity index (χ0v) is 17.8. The third-order valence-corrected chi connectivity index (χ3v) is 5.79. The molecule has 0 N–H and O–H groups in total. The van der Waals surface area contributed by atoms with Gasteiger partial charge < -0.3 is 0 Å². The standard InChI is InChI=1S/C27H19BrN2/c28-24-19-11-10-18-23(24)27-29-25(20-12-4-1-5-13-20)26(21-14-6-2-7-15-21)30(27)22-16-8-3-9-17-22/h1-19H. The van der Waals surface area contributed by atoms with E-state index in [2.05, 4.69) is 111 Å². The zero-order chi connectivity index (χ0) is 20.3. The molecule has 0 aliphatic heterocycles. The van der Waals surface area contributed by atoms with Crippen molar-refractivity contribution in [3.8, 4) is 39.6 Å². The molecule has 0 bridgehead atoms. The molecule has 0 fully saturated rings. The normalized spacial score (nSPS) is 10.8. The van der Waals surface area contributed by atoms with Gasteiger partial charge in [0.25, 0.3) is 0 Å². The van der Waals surface area contributed by atoms with E-state index in [1.54, 1.807) is 0 Å². The van der Waals surface area contributed by atoms with Crippen LogP contribution < -0.4 is 0 Å². The summed E-state index contributed by atoms with van der Waals surface area (Å²) in [5.74, 6) is 0.909. The molecule has 1 heterocycles. The van der Waals surface area contributed by atoms with E-state index in [0.29, 0.717) is 0 Å². The maximum Gasteiger partial charge on any atom is 0.146 e. The lowest BCUT2D eigenvalue weighted by Gasteiger charge is -2.14. The summed E-state index contributed by atoms with van der Waals surface area (Å²) in [6.45, 7) is 0. The van der Waals surface area contributed by atoms with Crippen molar-refractivity contribution in [1.29, 1.82) is 0 Å². The Morgan fingerprint density at radius 2 is 1.10 bits per heavy atom. The van der Waals surface area contributed by atoms with E-state index in [4.69, 9.17) is 4.98 Å². The first kappa shape index (κ1) is 18.6. The first-order valence-corrected chi connectivity index (χ1v) is 10.7. The topological polar surface area (TPSA) is 17.8 Å². The van der Waals surface area contributed by atoms with Gasteiger partial charge in [0.1, 0.15) is 5.82 Å². The van der Waals surface area contributed by atoms with Crippen molar-refractivity contribution >= 4 is 15.9 Å². The average Bonchev–Trinajstić information content (AvgIpc) is 3.21. The molecule has 0 spiro atoms. The molecule has 0 aliphatic carbocycles. The summed E-state index contributed by atoms with van der Waals surface area (Å²) in [7, 11) is 0. The molecule has 5 rings (SSSR count). The monoisotopic (exact) mass is 450 g/mol. The van der Waals surface area contributed by atoms with Gasteiger partial charge >= 0.3 is 0 Å². The Balaban J connectivity index is 1.91. The Morgan fingerprint density at radius 3 is 1.73 bits per heavy atom. The van der Waals surface area contributed by atoms with Crippen LogP contribution in [0.1, 0.15) is 0 Å². The molecule has 4 aromatic carbocycles. The van der Waals surface area contributed by atoms with E-state index in [-0.39, 0.29) is 0 Å². The van der Waals surface area contributed by atoms with Gasteiger partial charge in [-0.2, -0.15) is 0 Å². The Kier molecular flexibility index (Phi) is 5.04. The van der Waals surface area contributed by atoms with E-state index in [0.717, 1.165) is 44.1 Å². The lowest BCUT2D eigenvalue weighted by Crippen LogP contribution is -2.00. The molecule has 0 unspecified atom stereocenters. The number of aromatic nitrogens is 2. The quantitative estimate of drug-likeness (QED) is 0.275. The van der Waals surface area contributed by atoms with E-state index in [1.807, 2.05) is 24.3 Å². The van der Waals surface area contributed by atoms with Gasteiger partial charge in [0.2, 0.25) is 0 Å². The minimum absolute atomic E-state index is 0.909. The fourth-order valence-electron chi connectivity index (χ4n) is 3.73. The predicted octanol–water partition coefficient (Wildman–Crippen LogP) is 7.64. The molecule has 0 atom stereocenters. The molecule has 0 amide bonds. The molecular weight excluding hydrogens is 432 g/mol. The zero-order valence-electron chi connectivity index (χ0n) is 16.2. The summed E-state index contributed by atoms with van der Waals surface area (Å²) in [6.07, 6.45) is 0. The molecule has 0 saturated heterocycles. The van der Waals surface area contributed by atoms with Crippen molar-refractivity contribution in [2.24, 2.45) is 0 Å². The number of nitrogens with zero attached hydrogens (tertiary/aromatic N) is 2. The minimum Gasteiger partial charge on any atom is -0.292 e. The summed E-state index contributed by atoms with van der Waals surface area (Å²) < 4.78 is 3.28. The lowest BCUT2D eigenvalue weighted by molar-refractivity contribution is 1.07. The maximum atomic E-state index is 5.20. The van der Waals surface area contributed by atoms with Gasteiger partial charge in [-0.1, -0.05) is 113 Å². The Hall–Kier alpha value is -3.43. The van der Waals surface area contributed by atoms with Crippen LogP contribution in [0, 0.1) is 0 Å². The summed E-state index contributed by atoms with van der Waals surface area (Å²) in [4.78, 5) is 5.20. The number of hydrogen-bond acceptors (Lipinski definition) is 1. The number of rotatable bonds is 4. The van der Waals surface area contributed by atoms with Crippen LogP contribution >= 0.6 is 15.9 Å². The fourth-order valence-corrected chi connectivity index (χ4v) is 4.19. The highest BCUT2D eigenvalue weighted by atomic mass is 79.9. The smallest absolute Gasteiger partial charge is 0.146 e. The number of hydrogen-bond donors (Lipinski definition) is 0. The second-order valence-corrected chi connectivity index (χ2v) is 7.87. The van der Waals surface area contributed by atoms with E-state index in [1.165, 1.54) is 0 Å². The molecular formula is C27H19BrN2. The highest BCUT2D eigenvalue weighted by Crippen LogP contribution is 2.40. The second-order valence-electron chi connectivity index (χ2n) is 7.02. The SMILES string of the molecule is Brc1ccccc1-c1nc(-c2ccccc2)c(-c2ccccc2)n1-c1ccccc1. The third-order valence-electron chi connectivity index (χ3n) is 5.10. The van der Waals surface area contributed by atoms with Crippen molar-refractivity contribution in [3.63, 3.8) is 0 Å². The summed E-state index contributed by atoms with van der Waals surface area (Å²) in [6, 6.07) is 39.5. The van der Waals surface area contributed by atoms with Crippen LogP contribution in [0.3, 0.4) is 0 Å². The Morgan fingerprint density at radius 1 is 0.567 bits per heavy atom. The number of imidazole rings is 1. The molecule has 30 heavy (non-hydrogen) atoms. The third kappa shape index (κ3) is 3.38. The molecule has 1 aromatic heterocycles. The summed E-state index contributed by atoms with van der Waals surface area (Å²) in [5.41, 5.74) is 6.41. The molecule has 2 nitrogen and oxygen atoms in total. The fraction of sp³-hybridized carbons (Fsp3) is 0. The molecule has 3 heteroatoms. The number of para-hydroxylation sites is 1. The largest absolute Gasteiger partial charge is 0.292 e. The number of benzene rings is 4. The van der Waals surface area contributed by atoms with Gasteiger partial charge in [0, 0.05) is 26.9 Å². The first-order chi connectivity index (χ1) is 14.8.